The fourth-order valence-electron chi connectivity index (χ4n) is 1.76. The number of nitrogens with one attached hydrogen (secondary N) is 1. The third-order valence-corrected chi connectivity index (χ3v) is 3.58. The molecule has 1 atom stereocenters. The second kappa shape index (κ2) is 4.77. The van der Waals surface area contributed by atoms with E-state index in [1.54, 1.807) is 11.5 Å². The molecule has 0 bridgehead atoms. The van der Waals surface area contributed by atoms with E-state index in [2.05, 4.69) is 27.6 Å². The first kappa shape index (κ1) is 12.6. The molecule has 1 aromatic heterocycles. The Labute approximate surface area is 117 Å². The maximum atomic E-state index is 11.6. The van der Waals surface area contributed by atoms with Crippen molar-refractivity contribution in [1.82, 2.24) is 9.55 Å². The smallest absolute Gasteiger partial charge is 0.328 e. The molecular formula is C11H11IN2O2S. The van der Waals surface area contributed by atoms with Gasteiger partial charge in [-0.3, -0.25) is 0 Å². The maximum Gasteiger partial charge on any atom is 0.328 e. The fraction of sp³-hybridized carbons (Fsp3) is 0.273. The van der Waals surface area contributed by atoms with Gasteiger partial charge in [0.2, 0.25) is 0 Å². The van der Waals surface area contributed by atoms with Crippen molar-refractivity contribution in [3.8, 4) is 0 Å². The summed E-state index contributed by atoms with van der Waals surface area (Å²) in [5.41, 5.74) is 1.84. The van der Waals surface area contributed by atoms with E-state index in [0.29, 0.717) is 4.77 Å². The van der Waals surface area contributed by atoms with Crippen LogP contribution in [-0.2, 0) is 9.53 Å². The highest BCUT2D eigenvalue weighted by molar-refractivity contribution is 14.1. The van der Waals surface area contributed by atoms with Gasteiger partial charge in [-0.25, -0.2) is 4.79 Å². The fourth-order valence-corrected chi connectivity index (χ4v) is 2.62. The number of benzene rings is 1. The number of rotatable bonds is 2. The molecule has 2 aromatic rings. The number of hydrogen-bond acceptors (Lipinski definition) is 3. The summed E-state index contributed by atoms with van der Waals surface area (Å²) < 4.78 is 8.16. The van der Waals surface area contributed by atoms with Crippen molar-refractivity contribution < 1.29 is 9.53 Å². The zero-order valence-corrected chi connectivity index (χ0v) is 12.3. The van der Waals surface area contributed by atoms with Crippen LogP contribution < -0.4 is 0 Å². The van der Waals surface area contributed by atoms with Crippen molar-refractivity contribution in [3.05, 3.63) is 26.5 Å². The van der Waals surface area contributed by atoms with Gasteiger partial charge >= 0.3 is 5.97 Å². The van der Waals surface area contributed by atoms with Gasteiger partial charge in [0.15, 0.2) is 4.77 Å². The number of H-pyrrole nitrogens is 1. The predicted octanol–water partition coefficient (Wildman–Crippen LogP) is 3.04. The number of nitrogens with zero attached hydrogens (tertiary/aromatic N) is 1. The predicted molar refractivity (Wildman–Crippen MR) is 76.6 cm³/mol. The summed E-state index contributed by atoms with van der Waals surface area (Å²) in [4.78, 5) is 14.7. The Morgan fingerprint density at radius 3 is 2.94 bits per heavy atom. The molecule has 0 fully saturated rings. The highest BCUT2D eigenvalue weighted by atomic mass is 127. The van der Waals surface area contributed by atoms with Gasteiger partial charge in [-0.05, 0) is 59.9 Å². The summed E-state index contributed by atoms with van der Waals surface area (Å²) in [6.45, 7) is 1.77. The van der Waals surface area contributed by atoms with Crippen molar-refractivity contribution in [2.24, 2.45) is 0 Å². The molecule has 0 amide bonds. The average Bonchev–Trinajstić information content (AvgIpc) is 2.62. The Morgan fingerprint density at radius 2 is 2.29 bits per heavy atom. The van der Waals surface area contributed by atoms with Crippen LogP contribution in [0.5, 0.6) is 0 Å². The average molecular weight is 362 g/mol. The van der Waals surface area contributed by atoms with Crippen LogP contribution in [0.3, 0.4) is 0 Å². The van der Waals surface area contributed by atoms with E-state index in [1.807, 2.05) is 18.2 Å². The van der Waals surface area contributed by atoms with E-state index in [4.69, 9.17) is 17.0 Å². The lowest BCUT2D eigenvalue weighted by Gasteiger charge is -2.11. The quantitative estimate of drug-likeness (QED) is 0.508. The zero-order valence-electron chi connectivity index (χ0n) is 9.36. The van der Waals surface area contributed by atoms with E-state index in [9.17, 15) is 4.79 Å². The third kappa shape index (κ3) is 2.23. The van der Waals surface area contributed by atoms with Gasteiger partial charge in [-0.1, -0.05) is 0 Å². The summed E-state index contributed by atoms with van der Waals surface area (Å²) in [7, 11) is 1.38. The SMILES string of the molecule is COC(=O)C(C)n1c(=S)[nH]c2cc(I)ccc21. The first-order valence-electron chi connectivity index (χ1n) is 5.02. The molecule has 0 aliphatic rings. The molecule has 1 heterocycles. The molecule has 4 nitrogen and oxygen atoms in total. The lowest BCUT2D eigenvalue weighted by Crippen LogP contribution is -2.17. The Hall–Kier alpha value is -0.890. The van der Waals surface area contributed by atoms with Crippen molar-refractivity contribution in [3.63, 3.8) is 0 Å². The minimum atomic E-state index is -0.429. The normalized spacial score (nSPS) is 12.6. The zero-order chi connectivity index (χ0) is 12.6. The molecule has 0 saturated carbocycles. The number of halogens is 1. The van der Waals surface area contributed by atoms with Crippen LogP contribution in [0, 0.1) is 8.34 Å². The Kier molecular flexibility index (Phi) is 3.53. The summed E-state index contributed by atoms with van der Waals surface area (Å²) in [6, 6.07) is 5.49. The van der Waals surface area contributed by atoms with Crippen LogP contribution in [-0.4, -0.2) is 22.6 Å². The molecule has 0 saturated heterocycles. The maximum absolute atomic E-state index is 11.6. The van der Waals surface area contributed by atoms with Gasteiger partial charge in [0.05, 0.1) is 18.1 Å². The Bertz CT molecular complexity index is 632. The van der Waals surface area contributed by atoms with Crippen molar-refractivity contribution >= 4 is 51.8 Å². The van der Waals surface area contributed by atoms with Crippen molar-refractivity contribution in [1.29, 1.82) is 0 Å². The van der Waals surface area contributed by atoms with Gasteiger partial charge < -0.3 is 14.3 Å². The van der Waals surface area contributed by atoms with Crippen molar-refractivity contribution in [2.75, 3.05) is 7.11 Å². The summed E-state index contributed by atoms with van der Waals surface area (Å²) in [5, 5.41) is 0. The molecule has 0 radical (unpaired) electrons. The number of carbonyl (C=O) groups is 1. The number of esters is 1. The van der Waals surface area contributed by atoms with E-state index in [1.165, 1.54) is 7.11 Å². The van der Waals surface area contributed by atoms with E-state index >= 15 is 0 Å². The second-order valence-electron chi connectivity index (χ2n) is 3.66. The molecule has 0 aliphatic carbocycles. The molecule has 1 N–H and O–H groups in total. The van der Waals surface area contributed by atoms with Crippen LogP contribution in [0.4, 0.5) is 0 Å². The van der Waals surface area contributed by atoms with Crippen LogP contribution in [0.15, 0.2) is 18.2 Å². The first-order valence-corrected chi connectivity index (χ1v) is 6.51. The highest BCUT2D eigenvalue weighted by Gasteiger charge is 2.18. The summed E-state index contributed by atoms with van der Waals surface area (Å²) in [5.74, 6) is -0.305. The van der Waals surface area contributed by atoms with Gasteiger partial charge in [0.25, 0.3) is 0 Å². The van der Waals surface area contributed by atoms with Gasteiger partial charge in [0.1, 0.15) is 6.04 Å². The molecule has 1 aromatic carbocycles. The molecule has 90 valence electrons. The molecule has 1 unspecified atom stereocenters. The topological polar surface area (TPSA) is 47.0 Å². The summed E-state index contributed by atoms with van der Waals surface area (Å²) >= 11 is 7.47. The van der Waals surface area contributed by atoms with Crippen LogP contribution in [0.25, 0.3) is 11.0 Å². The minimum absolute atomic E-state index is 0.305. The number of hydrogen-bond donors (Lipinski definition) is 1. The van der Waals surface area contributed by atoms with Crippen LogP contribution in [0.1, 0.15) is 13.0 Å². The lowest BCUT2D eigenvalue weighted by atomic mass is 10.3. The lowest BCUT2D eigenvalue weighted by molar-refractivity contribution is -0.143. The third-order valence-electron chi connectivity index (χ3n) is 2.61. The van der Waals surface area contributed by atoms with Gasteiger partial charge in [0, 0.05) is 3.57 Å². The van der Waals surface area contributed by atoms with E-state index in [-0.39, 0.29) is 5.97 Å². The van der Waals surface area contributed by atoms with Gasteiger partial charge in [-0.15, -0.1) is 0 Å². The largest absolute Gasteiger partial charge is 0.467 e. The first-order chi connectivity index (χ1) is 8.04. The number of ether oxygens (including phenoxy) is 1. The standard InChI is InChI=1S/C11H11IN2O2S/c1-6(10(15)16-2)14-9-4-3-7(12)5-8(9)13-11(14)17/h3-6H,1-2H3,(H,13,17). The molecule has 0 aliphatic heterocycles. The molecular weight excluding hydrogens is 351 g/mol. The van der Waals surface area contributed by atoms with Crippen molar-refractivity contribution in [2.45, 2.75) is 13.0 Å². The molecule has 2 rings (SSSR count). The number of imidazole rings is 1. The number of carbonyl (C=O) groups excluding carboxylic acids is 1. The second-order valence-corrected chi connectivity index (χ2v) is 5.29. The monoisotopic (exact) mass is 362 g/mol. The number of aromatic amines is 1. The minimum Gasteiger partial charge on any atom is -0.467 e. The van der Waals surface area contributed by atoms with E-state index < -0.39 is 6.04 Å². The highest BCUT2D eigenvalue weighted by Crippen LogP contribution is 2.21. The molecule has 17 heavy (non-hydrogen) atoms. The van der Waals surface area contributed by atoms with Crippen LogP contribution >= 0.6 is 34.8 Å². The van der Waals surface area contributed by atoms with E-state index in [0.717, 1.165) is 14.6 Å². The number of methoxy groups -OCH3 is 1. The van der Waals surface area contributed by atoms with Crippen LogP contribution in [0.2, 0.25) is 0 Å². The van der Waals surface area contributed by atoms with Gasteiger partial charge in [-0.2, -0.15) is 0 Å². The summed E-state index contributed by atoms with van der Waals surface area (Å²) in [6.07, 6.45) is 0. The number of fused-ring (bicyclic) bond motifs is 1. The Morgan fingerprint density at radius 1 is 1.59 bits per heavy atom. The molecule has 6 heteroatoms. The Balaban J connectivity index is 2.65. The number of aromatic nitrogens is 2. The molecule has 0 spiro atoms.